The minimum atomic E-state index is 0.199. The van der Waals surface area contributed by atoms with Crippen LogP contribution in [0.4, 0.5) is 0 Å². The zero-order valence-electron chi connectivity index (χ0n) is 11.9. The van der Waals surface area contributed by atoms with Crippen molar-refractivity contribution < 1.29 is 4.79 Å². The molecule has 1 heterocycles. The van der Waals surface area contributed by atoms with Gasteiger partial charge in [0.2, 0.25) is 0 Å². The lowest BCUT2D eigenvalue weighted by Gasteiger charge is -2.23. The van der Waals surface area contributed by atoms with Crippen molar-refractivity contribution in [2.45, 2.75) is 18.8 Å². The van der Waals surface area contributed by atoms with E-state index >= 15 is 0 Å². The average Bonchev–Trinajstić information content (AvgIpc) is 2.54. The summed E-state index contributed by atoms with van der Waals surface area (Å²) in [4.78, 5) is 17.3. The largest absolute Gasteiger partial charge is 0.294 e. The second kappa shape index (κ2) is 5.33. The van der Waals surface area contributed by atoms with Crippen LogP contribution in [0.3, 0.4) is 0 Å². The first-order valence-electron chi connectivity index (χ1n) is 7.38. The van der Waals surface area contributed by atoms with Crippen molar-refractivity contribution in [1.82, 2.24) is 4.98 Å². The van der Waals surface area contributed by atoms with E-state index in [0.717, 1.165) is 33.1 Å². The number of rotatable bonds is 1. The molecule has 3 aromatic rings. The van der Waals surface area contributed by atoms with Gasteiger partial charge in [0.1, 0.15) is 0 Å². The van der Waals surface area contributed by atoms with Gasteiger partial charge in [-0.1, -0.05) is 46.3 Å². The first-order valence-corrected chi connectivity index (χ1v) is 8.17. The SMILES string of the molecule is O=C1CC(c2ccccc2)Cc2nc3ccc(Br)cc3cc21. The average molecular weight is 352 g/mol. The highest BCUT2D eigenvalue weighted by atomic mass is 79.9. The van der Waals surface area contributed by atoms with E-state index in [2.05, 4.69) is 28.1 Å². The number of Topliss-reactive ketones (excluding diaryl/α,β-unsaturated/α-hetero) is 1. The number of fused-ring (bicyclic) bond motifs is 2. The molecule has 1 unspecified atom stereocenters. The molecule has 108 valence electrons. The number of ketones is 1. The van der Waals surface area contributed by atoms with Crippen molar-refractivity contribution in [1.29, 1.82) is 0 Å². The van der Waals surface area contributed by atoms with Gasteiger partial charge in [0.25, 0.3) is 0 Å². The second-order valence-corrected chi connectivity index (χ2v) is 6.67. The normalized spacial score (nSPS) is 17.5. The minimum Gasteiger partial charge on any atom is -0.294 e. The molecule has 0 saturated carbocycles. The highest BCUT2D eigenvalue weighted by Gasteiger charge is 2.27. The van der Waals surface area contributed by atoms with Gasteiger partial charge in [-0.05, 0) is 42.2 Å². The quantitative estimate of drug-likeness (QED) is 0.623. The van der Waals surface area contributed by atoms with Crippen LogP contribution in [0.5, 0.6) is 0 Å². The fourth-order valence-corrected chi connectivity index (χ4v) is 3.56. The fraction of sp³-hybridized carbons (Fsp3) is 0.158. The Kier molecular flexibility index (Phi) is 3.30. The van der Waals surface area contributed by atoms with E-state index in [9.17, 15) is 4.79 Å². The Bertz CT molecular complexity index is 873. The summed E-state index contributed by atoms with van der Waals surface area (Å²) >= 11 is 3.47. The summed E-state index contributed by atoms with van der Waals surface area (Å²) in [5, 5.41) is 1.01. The lowest BCUT2D eigenvalue weighted by atomic mass is 9.81. The Morgan fingerprint density at radius 1 is 1.00 bits per heavy atom. The molecule has 4 rings (SSSR count). The van der Waals surface area contributed by atoms with Crippen LogP contribution in [0.2, 0.25) is 0 Å². The number of aromatic nitrogens is 1. The molecule has 1 aromatic heterocycles. The molecule has 22 heavy (non-hydrogen) atoms. The van der Waals surface area contributed by atoms with E-state index in [-0.39, 0.29) is 11.7 Å². The van der Waals surface area contributed by atoms with E-state index in [1.165, 1.54) is 5.56 Å². The summed E-state index contributed by atoms with van der Waals surface area (Å²) in [6, 6.07) is 18.2. The topological polar surface area (TPSA) is 30.0 Å². The minimum absolute atomic E-state index is 0.199. The zero-order valence-corrected chi connectivity index (χ0v) is 13.5. The van der Waals surface area contributed by atoms with E-state index in [1.54, 1.807) is 0 Å². The van der Waals surface area contributed by atoms with Gasteiger partial charge in [0.15, 0.2) is 5.78 Å². The van der Waals surface area contributed by atoms with Crippen molar-refractivity contribution >= 4 is 32.6 Å². The van der Waals surface area contributed by atoms with Gasteiger partial charge in [-0.3, -0.25) is 9.78 Å². The maximum absolute atomic E-state index is 12.5. The molecule has 1 aliphatic carbocycles. The summed E-state index contributed by atoms with van der Waals surface area (Å²) < 4.78 is 1.01. The number of hydrogen-bond acceptors (Lipinski definition) is 2. The first-order chi connectivity index (χ1) is 10.7. The summed E-state index contributed by atoms with van der Waals surface area (Å²) in [6.45, 7) is 0. The maximum atomic E-state index is 12.5. The van der Waals surface area contributed by atoms with E-state index in [4.69, 9.17) is 4.98 Å². The van der Waals surface area contributed by atoms with Crippen LogP contribution < -0.4 is 0 Å². The molecule has 0 spiro atoms. The van der Waals surface area contributed by atoms with Gasteiger partial charge in [-0.25, -0.2) is 0 Å². The molecule has 0 bridgehead atoms. The number of pyridine rings is 1. The van der Waals surface area contributed by atoms with Gasteiger partial charge in [0.05, 0.1) is 11.2 Å². The summed E-state index contributed by atoms with van der Waals surface area (Å²) in [5.74, 6) is 0.436. The summed E-state index contributed by atoms with van der Waals surface area (Å²) in [6.07, 6.45) is 1.40. The van der Waals surface area contributed by atoms with Crippen molar-refractivity contribution in [3.8, 4) is 0 Å². The number of carbonyl (C=O) groups is 1. The standard InChI is InChI=1S/C19H14BrNO/c20-15-6-7-17-14(8-15)9-16-18(21-17)10-13(11-19(16)22)12-4-2-1-3-5-12/h1-9,13H,10-11H2. The van der Waals surface area contributed by atoms with Crippen LogP contribution in [0.1, 0.15) is 34.0 Å². The van der Waals surface area contributed by atoms with Crippen LogP contribution in [-0.4, -0.2) is 10.8 Å². The zero-order chi connectivity index (χ0) is 15.1. The van der Waals surface area contributed by atoms with E-state index < -0.39 is 0 Å². The van der Waals surface area contributed by atoms with Gasteiger partial charge in [0, 0.05) is 21.8 Å². The van der Waals surface area contributed by atoms with Crippen LogP contribution in [0.15, 0.2) is 59.1 Å². The van der Waals surface area contributed by atoms with Crippen molar-refractivity contribution in [3.63, 3.8) is 0 Å². The maximum Gasteiger partial charge on any atom is 0.165 e. The highest BCUT2D eigenvalue weighted by Crippen LogP contribution is 2.33. The Morgan fingerprint density at radius 2 is 1.82 bits per heavy atom. The molecular formula is C19H14BrNO. The number of nitrogens with zero attached hydrogens (tertiary/aromatic N) is 1. The van der Waals surface area contributed by atoms with Crippen molar-refractivity contribution in [2.75, 3.05) is 0 Å². The predicted octanol–water partition coefficient (Wildman–Crippen LogP) is 4.91. The Balaban J connectivity index is 1.80. The lowest BCUT2D eigenvalue weighted by molar-refractivity contribution is 0.0963. The Hall–Kier alpha value is -2.00. The molecule has 0 N–H and O–H groups in total. The van der Waals surface area contributed by atoms with Crippen LogP contribution in [-0.2, 0) is 6.42 Å². The van der Waals surface area contributed by atoms with E-state index in [1.807, 2.05) is 42.5 Å². The van der Waals surface area contributed by atoms with Crippen molar-refractivity contribution in [2.24, 2.45) is 0 Å². The summed E-state index contributed by atoms with van der Waals surface area (Å²) in [7, 11) is 0. The van der Waals surface area contributed by atoms with Gasteiger partial charge >= 0.3 is 0 Å². The number of carbonyl (C=O) groups excluding carboxylic acids is 1. The van der Waals surface area contributed by atoms with Gasteiger partial charge in [-0.2, -0.15) is 0 Å². The fourth-order valence-electron chi connectivity index (χ4n) is 3.18. The molecule has 2 nitrogen and oxygen atoms in total. The predicted molar refractivity (Wildman–Crippen MR) is 91.3 cm³/mol. The Morgan fingerprint density at radius 3 is 2.64 bits per heavy atom. The molecule has 0 saturated heterocycles. The molecule has 2 aromatic carbocycles. The molecular weight excluding hydrogens is 338 g/mol. The molecule has 0 radical (unpaired) electrons. The molecule has 3 heteroatoms. The lowest BCUT2D eigenvalue weighted by Crippen LogP contribution is -2.20. The third-order valence-corrected chi connectivity index (χ3v) is 4.79. The van der Waals surface area contributed by atoms with Crippen LogP contribution in [0, 0.1) is 0 Å². The molecule has 0 amide bonds. The molecule has 0 fully saturated rings. The molecule has 1 aliphatic rings. The van der Waals surface area contributed by atoms with Crippen LogP contribution in [0.25, 0.3) is 10.9 Å². The summed E-state index contributed by atoms with van der Waals surface area (Å²) in [5.41, 5.74) is 3.89. The third kappa shape index (κ3) is 2.35. The van der Waals surface area contributed by atoms with E-state index in [0.29, 0.717) is 6.42 Å². The van der Waals surface area contributed by atoms with Gasteiger partial charge < -0.3 is 0 Å². The smallest absolute Gasteiger partial charge is 0.165 e. The number of hydrogen-bond donors (Lipinski definition) is 0. The van der Waals surface area contributed by atoms with Crippen molar-refractivity contribution in [3.05, 3.63) is 75.9 Å². The molecule has 0 aliphatic heterocycles. The van der Waals surface area contributed by atoms with Gasteiger partial charge in [-0.15, -0.1) is 0 Å². The molecule has 1 atom stereocenters. The third-order valence-electron chi connectivity index (χ3n) is 4.30. The number of halogens is 1. The monoisotopic (exact) mass is 351 g/mol. The Labute approximate surface area is 137 Å². The first kappa shape index (κ1) is 13.6. The number of benzene rings is 2. The van der Waals surface area contributed by atoms with Crippen LogP contribution >= 0.6 is 15.9 Å². The second-order valence-electron chi connectivity index (χ2n) is 5.76. The highest BCUT2D eigenvalue weighted by molar-refractivity contribution is 9.10.